The molecular formula is C26H31IN2O3S. The largest absolute Gasteiger partial charge is 0.493 e. The molecule has 0 atom stereocenters. The van der Waals surface area contributed by atoms with Crippen molar-refractivity contribution in [1.29, 1.82) is 0 Å². The number of hydrogen-bond acceptors (Lipinski definition) is 5. The molecule has 5 nitrogen and oxygen atoms in total. The molecule has 7 heteroatoms. The third kappa shape index (κ3) is 5.80. The van der Waals surface area contributed by atoms with E-state index in [4.69, 9.17) is 14.5 Å². The van der Waals surface area contributed by atoms with Crippen molar-refractivity contribution in [3.8, 4) is 11.5 Å². The number of methoxy groups -OCH3 is 1. The van der Waals surface area contributed by atoms with Crippen molar-refractivity contribution in [1.82, 2.24) is 5.32 Å². The molecule has 2 aliphatic carbocycles. The summed E-state index contributed by atoms with van der Waals surface area (Å²) in [6, 6.07) is 4.22. The second-order valence-corrected chi connectivity index (χ2v) is 10.8. The van der Waals surface area contributed by atoms with Crippen LogP contribution < -0.4 is 14.8 Å². The number of hydrogen-bond donors (Lipinski definition) is 1. The third-order valence-corrected chi connectivity index (χ3v) is 8.25. The minimum atomic E-state index is 0.0498. The second kappa shape index (κ2) is 11.5. The fourth-order valence-electron chi connectivity index (χ4n) is 4.61. The first-order valence-corrected chi connectivity index (χ1v) is 13.6. The van der Waals surface area contributed by atoms with Gasteiger partial charge in [-0.2, -0.15) is 0 Å². The zero-order valence-corrected chi connectivity index (χ0v) is 22.1. The van der Waals surface area contributed by atoms with Crippen LogP contribution in [0.4, 0.5) is 5.00 Å². The van der Waals surface area contributed by atoms with Crippen molar-refractivity contribution >= 4 is 51.1 Å². The fourth-order valence-corrected chi connectivity index (χ4v) is 6.62. The Hall–Kier alpha value is -1.87. The van der Waals surface area contributed by atoms with E-state index >= 15 is 0 Å². The smallest absolute Gasteiger partial charge is 0.254 e. The van der Waals surface area contributed by atoms with Crippen LogP contribution in [0.15, 0.2) is 29.8 Å². The highest BCUT2D eigenvalue weighted by Gasteiger charge is 2.27. The maximum absolute atomic E-state index is 13.4. The third-order valence-electron chi connectivity index (χ3n) is 6.25. The van der Waals surface area contributed by atoms with E-state index in [2.05, 4.69) is 34.5 Å². The number of thiophene rings is 1. The van der Waals surface area contributed by atoms with Gasteiger partial charge in [0.1, 0.15) is 11.6 Å². The Kier molecular flexibility index (Phi) is 8.46. The van der Waals surface area contributed by atoms with E-state index in [1.54, 1.807) is 24.5 Å². The standard InChI is InChI=1S/C26H31IN2O3S/c1-3-13-32-24-20(27)14-17(15-21(24)31-2)16-28-26-23(19-11-7-8-12-22(19)33-26)25(30)29-18-9-5-4-6-10-18/h3,14-16,18H,1,4-13H2,2H3,(H,29,30)/b28-16-. The summed E-state index contributed by atoms with van der Waals surface area (Å²) in [6.07, 6.45) is 13.7. The van der Waals surface area contributed by atoms with Crippen LogP contribution in [-0.2, 0) is 12.8 Å². The van der Waals surface area contributed by atoms with Gasteiger partial charge >= 0.3 is 0 Å². The topological polar surface area (TPSA) is 59.9 Å². The number of carbonyl (C=O) groups is 1. The molecule has 0 saturated heterocycles. The molecule has 4 rings (SSSR count). The fraction of sp³-hybridized carbons (Fsp3) is 0.462. The zero-order chi connectivity index (χ0) is 23.2. The molecule has 1 aromatic carbocycles. The number of amides is 1. The predicted octanol–water partition coefficient (Wildman–Crippen LogP) is 6.62. The quantitative estimate of drug-likeness (QED) is 0.218. The van der Waals surface area contributed by atoms with Crippen molar-refractivity contribution in [3.63, 3.8) is 0 Å². The average molecular weight is 579 g/mol. The molecular weight excluding hydrogens is 547 g/mol. The van der Waals surface area contributed by atoms with Crippen molar-refractivity contribution < 1.29 is 14.3 Å². The minimum Gasteiger partial charge on any atom is -0.493 e. The van der Waals surface area contributed by atoms with E-state index in [9.17, 15) is 4.79 Å². The highest BCUT2D eigenvalue weighted by molar-refractivity contribution is 14.1. The van der Waals surface area contributed by atoms with Gasteiger partial charge in [0.15, 0.2) is 11.5 Å². The Morgan fingerprint density at radius 3 is 2.79 bits per heavy atom. The van der Waals surface area contributed by atoms with Gasteiger partial charge in [-0.15, -0.1) is 11.3 Å². The first-order valence-electron chi connectivity index (χ1n) is 11.7. The molecule has 1 fully saturated rings. The van der Waals surface area contributed by atoms with Crippen LogP contribution in [0.1, 0.15) is 71.3 Å². The SMILES string of the molecule is C=CCOc1c(I)cc(/C=N\c2sc3c(c2C(=O)NC2CCCCC2)CCCC3)cc1OC. The Labute approximate surface area is 213 Å². The van der Waals surface area contributed by atoms with E-state index in [0.717, 1.165) is 51.8 Å². The van der Waals surface area contributed by atoms with Gasteiger partial charge in [0.25, 0.3) is 5.91 Å². The van der Waals surface area contributed by atoms with Gasteiger partial charge in [-0.05, 0) is 84.4 Å². The summed E-state index contributed by atoms with van der Waals surface area (Å²) in [7, 11) is 1.63. The first-order chi connectivity index (χ1) is 16.1. The van der Waals surface area contributed by atoms with Crippen LogP contribution in [-0.4, -0.2) is 31.9 Å². The van der Waals surface area contributed by atoms with Crippen LogP contribution in [0.5, 0.6) is 11.5 Å². The number of nitrogens with zero attached hydrogens (tertiary/aromatic N) is 1. The molecule has 0 unspecified atom stereocenters. The Morgan fingerprint density at radius 2 is 2.03 bits per heavy atom. The van der Waals surface area contributed by atoms with Crippen molar-refractivity contribution in [3.05, 3.63) is 49.9 Å². The summed E-state index contributed by atoms with van der Waals surface area (Å²) < 4.78 is 12.2. The summed E-state index contributed by atoms with van der Waals surface area (Å²) in [5.74, 6) is 1.41. The lowest BCUT2D eigenvalue weighted by atomic mass is 9.93. The van der Waals surface area contributed by atoms with E-state index < -0.39 is 0 Å². The predicted molar refractivity (Wildman–Crippen MR) is 144 cm³/mol. The van der Waals surface area contributed by atoms with Crippen molar-refractivity contribution in [2.24, 2.45) is 4.99 Å². The summed E-state index contributed by atoms with van der Waals surface area (Å²) >= 11 is 3.92. The maximum Gasteiger partial charge on any atom is 0.254 e. The minimum absolute atomic E-state index is 0.0498. The summed E-state index contributed by atoms with van der Waals surface area (Å²) in [6.45, 7) is 4.12. The highest BCUT2D eigenvalue weighted by Crippen LogP contribution is 2.40. The molecule has 1 heterocycles. The maximum atomic E-state index is 13.4. The number of benzene rings is 1. The van der Waals surface area contributed by atoms with Gasteiger partial charge in [-0.1, -0.05) is 31.9 Å². The molecule has 0 radical (unpaired) electrons. The zero-order valence-electron chi connectivity index (χ0n) is 19.1. The normalized spacial score (nSPS) is 16.4. The van der Waals surface area contributed by atoms with Gasteiger partial charge in [0, 0.05) is 17.1 Å². The second-order valence-electron chi connectivity index (χ2n) is 8.59. The number of aryl methyl sites for hydroxylation is 1. The first kappa shape index (κ1) is 24.3. The van der Waals surface area contributed by atoms with Crippen LogP contribution in [0.2, 0.25) is 0 Å². The number of ether oxygens (including phenoxy) is 2. The van der Waals surface area contributed by atoms with Gasteiger partial charge < -0.3 is 14.8 Å². The number of aliphatic imine (C=N–C) groups is 1. The summed E-state index contributed by atoms with van der Waals surface area (Å²) in [4.78, 5) is 19.5. The lowest BCUT2D eigenvalue weighted by Gasteiger charge is -2.23. The van der Waals surface area contributed by atoms with Crippen LogP contribution in [0.25, 0.3) is 0 Å². The monoisotopic (exact) mass is 578 g/mol. The average Bonchev–Trinajstić information content (AvgIpc) is 3.21. The van der Waals surface area contributed by atoms with Crippen LogP contribution in [0.3, 0.4) is 0 Å². The van der Waals surface area contributed by atoms with Gasteiger partial charge in [-0.3, -0.25) is 4.79 Å². The molecule has 0 aliphatic heterocycles. The lowest BCUT2D eigenvalue weighted by molar-refractivity contribution is 0.0927. The number of halogens is 1. The number of carbonyl (C=O) groups excluding carboxylic acids is 1. The molecule has 2 aromatic rings. The Bertz CT molecular complexity index is 1040. The van der Waals surface area contributed by atoms with Gasteiger partial charge in [-0.25, -0.2) is 4.99 Å². The number of nitrogens with one attached hydrogen (secondary N) is 1. The molecule has 2 aliphatic rings. The molecule has 33 heavy (non-hydrogen) atoms. The lowest BCUT2D eigenvalue weighted by Crippen LogP contribution is -2.36. The highest BCUT2D eigenvalue weighted by atomic mass is 127. The molecule has 1 N–H and O–H groups in total. The number of fused-ring (bicyclic) bond motifs is 1. The molecule has 0 bridgehead atoms. The van der Waals surface area contributed by atoms with E-state index in [0.29, 0.717) is 18.1 Å². The Balaban J connectivity index is 1.62. The Morgan fingerprint density at radius 1 is 1.24 bits per heavy atom. The van der Waals surface area contributed by atoms with Crippen LogP contribution in [0, 0.1) is 3.57 Å². The van der Waals surface area contributed by atoms with E-state index in [-0.39, 0.29) is 11.9 Å². The molecule has 1 aromatic heterocycles. The van der Waals surface area contributed by atoms with E-state index in [1.807, 2.05) is 18.3 Å². The van der Waals surface area contributed by atoms with Crippen LogP contribution >= 0.6 is 33.9 Å². The van der Waals surface area contributed by atoms with Crippen molar-refractivity contribution in [2.45, 2.75) is 63.8 Å². The molecule has 1 amide bonds. The number of rotatable bonds is 8. The molecule has 176 valence electrons. The van der Waals surface area contributed by atoms with Crippen molar-refractivity contribution in [2.75, 3.05) is 13.7 Å². The van der Waals surface area contributed by atoms with Gasteiger partial charge in [0.2, 0.25) is 0 Å². The molecule has 1 saturated carbocycles. The summed E-state index contributed by atoms with van der Waals surface area (Å²) in [5.41, 5.74) is 2.92. The van der Waals surface area contributed by atoms with E-state index in [1.165, 1.54) is 36.1 Å². The molecule has 0 spiro atoms. The summed E-state index contributed by atoms with van der Waals surface area (Å²) in [5, 5.41) is 4.13. The van der Waals surface area contributed by atoms with Gasteiger partial charge in [0.05, 0.1) is 16.2 Å².